The summed E-state index contributed by atoms with van der Waals surface area (Å²) in [5.74, 6) is -1.01. The van der Waals surface area contributed by atoms with Crippen molar-refractivity contribution in [3.8, 4) is 5.75 Å². The molecular formula is C14H15N3O4. The number of benzene rings is 1. The lowest BCUT2D eigenvalue weighted by molar-refractivity contribution is -0.139. The molecule has 1 aromatic carbocycles. The van der Waals surface area contributed by atoms with Gasteiger partial charge in [0.05, 0.1) is 13.3 Å². The molecule has 1 atom stereocenters. The van der Waals surface area contributed by atoms with E-state index in [2.05, 4.69) is 10.4 Å². The molecule has 1 amide bonds. The molecule has 21 heavy (non-hydrogen) atoms. The maximum absolute atomic E-state index is 12.1. The standard InChI is InChI=1S/C14H15N3O4/c1-17-8-10(7-15-17)12(14(19)20)16-13(18)9-3-5-11(21-2)6-4-9/h3-8,12H,1-2H3,(H,16,18)(H,19,20). The molecular weight excluding hydrogens is 274 g/mol. The zero-order valence-electron chi connectivity index (χ0n) is 11.6. The molecule has 2 rings (SSSR count). The first-order valence-corrected chi connectivity index (χ1v) is 6.17. The highest BCUT2D eigenvalue weighted by molar-refractivity contribution is 5.96. The number of carboxylic acids is 1. The van der Waals surface area contributed by atoms with Crippen LogP contribution in [0.5, 0.6) is 5.75 Å². The van der Waals surface area contributed by atoms with Crippen LogP contribution in [0.25, 0.3) is 0 Å². The molecule has 7 nitrogen and oxygen atoms in total. The number of carboxylic acid groups (broad SMARTS) is 1. The highest BCUT2D eigenvalue weighted by atomic mass is 16.5. The third kappa shape index (κ3) is 3.38. The zero-order valence-corrected chi connectivity index (χ0v) is 11.6. The molecule has 0 spiro atoms. The SMILES string of the molecule is COc1ccc(C(=O)NC(C(=O)O)c2cnn(C)c2)cc1. The number of nitrogens with zero attached hydrogens (tertiary/aromatic N) is 2. The molecule has 1 heterocycles. The van der Waals surface area contributed by atoms with E-state index in [1.807, 2.05) is 0 Å². The molecule has 0 aliphatic carbocycles. The van der Waals surface area contributed by atoms with E-state index in [0.29, 0.717) is 16.9 Å². The van der Waals surface area contributed by atoms with Gasteiger partial charge in [-0.25, -0.2) is 4.79 Å². The minimum Gasteiger partial charge on any atom is -0.497 e. The summed E-state index contributed by atoms with van der Waals surface area (Å²) in [6.45, 7) is 0. The summed E-state index contributed by atoms with van der Waals surface area (Å²) >= 11 is 0. The molecule has 0 bridgehead atoms. The van der Waals surface area contributed by atoms with Gasteiger partial charge in [0.2, 0.25) is 0 Å². The Bertz CT molecular complexity index is 648. The Morgan fingerprint density at radius 2 is 2.00 bits per heavy atom. The van der Waals surface area contributed by atoms with E-state index in [1.165, 1.54) is 18.0 Å². The van der Waals surface area contributed by atoms with Gasteiger partial charge in [0.1, 0.15) is 5.75 Å². The normalized spacial score (nSPS) is 11.7. The van der Waals surface area contributed by atoms with Crippen LogP contribution in [-0.2, 0) is 11.8 Å². The molecule has 0 radical (unpaired) electrons. The number of aliphatic carboxylic acids is 1. The first-order chi connectivity index (χ1) is 10.0. The Labute approximate surface area is 121 Å². The second kappa shape index (κ2) is 6.08. The molecule has 0 aliphatic heterocycles. The van der Waals surface area contributed by atoms with Gasteiger partial charge < -0.3 is 15.2 Å². The highest BCUT2D eigenvalue weighted by Gasteiger charge is 2.23. The van der Waals surface area contributed by atoms with Crippen LogP contribution in [0.1, 0.15) is 22.0 Å². The van der Waals surface area contributed by atoms with E-state index >= 15 is 0 Å². The summed E-state index contributed by atoms with van der Waals surface area (Å²) in [4.78, 5) is 23.4. The van der Waals surface area contributed by atoms with Gasteiger partial charge >= 0.3 is 5.97 Å². The van der Waals surface area contributed by atoms with Crippen molar-refractivity contribution in [2.45, 2.75) is 6.04 Å². The fourth-order valence-corrected chi connectivity index (χ4v) is 1.83. The predicted molar refractivity (Wildman–Crippen MR) is 74.0 cm³/mol. The van der Waals surface area contributed by atoms with Crippen LogP contribution in [0.2, 0.25) is 0 Å². The van der Waals surface area contributed by atoms with Crippen LogP contribution in [-0.4, -0.2) is 33.9 Å². The topological polar surface area (TPSA) is 93.4 Å². The number of carbonyl (C=O) groups excluding carboxylic acids is 1. The van der Waals surface area contributed by atoms with E-state index in [1.54, 1.807) is 37.5 Å². The number of hydrogen-bond acceptors (Lipinski definition) is 4. The van der Waals surface area contributed by atoms with Crippen LogP contribution >= 0.6 is 0 Å². The minimum atomic E-state index is -1.15. The summed E-state index contributed by atoms with van der Waals surface area (Å²) in [6.07, 6.45) is 2.96. The lowest BCUT2D eigenvalue weighted by atomic mass is 10.1. The van der Waals surface area contributed by atoms with Crippen LogP contribution in [0.3, 0.4) is 0 Å². The molecule has 0 saturated heterocycles. The molecule has 0 aliphatic rings. The number of aryl methyl sites for hydroxylation is 1. The van der Waals surface area contributed by atoms with Gasteiger partial charge in [-0.15, -0.1) is 0 Å². The van der Waals surface area contributed by atoms with Gasteiger partial charge in [-0.3, -0.25) is 9.48 Å². The van der Waals surface area contributed by atoms with E-state index in [0.717, 1.165) is 0 Å². The molecule has 2 aromatic rings. The molecule has 2 N–H and O–H groups in total. The van der Waals surface area contributed by atoms with Gasteiger partial charge in [0.25, 0.3) is 5.91 Å². The Morgan fingerprint density at radius 1 is 1.33 bits per heavy atom. The third-order valence-electron chi connectivity index (χ3n) is 2.93. The average Bonchev–Trinajstić information content (AvgIpc) is 2.90. The van der Waals surface area contributed by atoms with Crippen molar-refractivity contribution in [2.24, 2.45) is 7.05 Å². The van der Waals surface area contributed by atoms with Crippen LogP contribution in [0.4, 0.5) is 0 Å². The van der Waals surface area contributed by atoms with Gasteiger partial charge in [-0.1, -0.05) is 0 Å². The summed E-state index contributed by atoms with van der Waals surface area (Å²) < 4.78 is 6.48. The van der Waals surface area contributed by atoms with Gasteiger partial charge in [-0.05, 0) is 24.3 Å². The number of amides is 1. The number of nitrogens with one attached hydrogen (secondary N) is 1. The van der Waals surface area contributed by atoms with E-state index in [9.17, 15) is 14.7 Å². The molecule has 110 valence electrons. The second-order valence-corrected chi connectivity index (χ2v) is 4.42. The smallest absolute Gasteiger partial charge is 0.331 e. The number of aromatic nitrogens is 2. The van der Waals surface area contributed by atoms with Crippen molar-refractivity contribution in [2.75, 3.05) is 7.11 Å². The van der Waals surface area contributed by atoms with Crippen molar-refractivity contribution in [3.63, 3.8) is 0 Å². The lowest BCUT2D eigenvalue weighted by Crippen LogP contribution is -2.33. The number of hydrogen-bond donors (Lipinski definition) is 2. The molecule has 1 aromatic heterocycles. The maximum Gasteiger partial charge on any atom is 0.331 e. The quantitative estimate of drug-likeness (QED) is 0.856. The van der Waals surface area contributed by atoms with Crippen LogP contribution in [0.15, 0.2) is 36.7 Å². The first-order valence-electron chi connectivity index (χ1n) is 6.17. The number of rotatable bonds is 5. The lowest BCUT2D eigenvalue weighted by Gasteiger charge is -2.13. The van der Waals surface area contributed by atoms with E-state index in [4.69, 9.17) is 4.74 Å². The Balaban J connectivity index is 2.16. The van der Waals surface area contributed by atoms with Crippen molar-refractivity contribution >= 4 is 11.9 Å². The maximum atomic E-state index is 12.1. The highest BCUT2D eigenvalue weighted by Crippen LogP contribution is 2.15. The first kappa shape index (κ1) is 14.6. The van der Waals surface area contributed by atoms with Crippen molar-refractivity contribution in [1.29, 1.82) is 0 Å². The van der Waals surface area contributed by atoms with Gasteiger partial charge in [0.15, 0.2) is 6.04 Å². The molecule has 1 unspecified atom stereocenters. The molecule has 0 saturated carbocycles. The summed E-state index contributed by atoms with van der Waals surface area (Å²) in [7, 11) is 3.20. The fourth-order valence-electron chi connectivity index (χ4n) is 1.83. The Hall–Kier alpha value is -2.83. The second-order valence-electron chi connectivity index (χ2n) is 4.42. The third-order valence-corrected chi connectivity index (χ3v) is 2.93. The Morgan fingerprint density at radius 3 is 2.48 bits per heavy atom. The van der Waals surface area contributed by atoms with E-state index < -0.39 is 17.9 Å². The molecule has 0 fully saturated rings. The zero-order chi connectivity index (χ0) is 15.4. The minimum absolute atomic E-state index is 0.353. The van der Waals surface area contributed by atoms with E-state index in [-0.39, 0.29) is 0 Å². The largest absolute Gasteiger partial charge is 0.497 e. The van der Waals surface area contributed by atoms with Crippen molar-refractivity contribution in [3.05, 3.63) is 47.8 Å². The predicted octanol–water partition coefficient (Wildman–Crippen LogP) is 0.984. The summed E-state index contributed by atoms with van der Waals surface area (Å²) in [5.41, 5.74) is 0.762. The summed E-state index contributed by atoms with van der Waals surface area (Å²) in [6, 6.07) is 5.25. The van der Waals surface area contributed by atoms with Crippen molar-refractivity contribution in [1.82, 2.24) is 15.1 Å². The van der Waals surface area contributed by atoms with Gasteiger partial charge in [-0.2, -0.15) is 5.10 Å². The average molecular weight is 289 g/mol. The van der Waals surface area contributed by atoms with Crippen LogP contribution < -0.4 is 10.1 Å². The fraction of sp³-hybridized carbons (Fsp3) is 0.214. The van der Waals surface area contributed by atoms with Crippen molar-refractivity contribution < 1.29 is 19.4 Å². The van der Waals surface area contributed by atoms with Gasteiger partial charge in [0, 0.05) is 24.4 Å². The van der Waals surface area contributed by atoms with Crippen LogP contribution in [0, 0.1) is 0 Å². The monoisotopic (exact) mass is 289 g/mol. The number of carbonyl (C=O) groups is 2. The Kier molecular flexibility index (Phi) is 4.22. The number of ether oxygens (including phenoxy) is 1. The molecule has 7 heteroatoms. The number of methoxy groups -OCH3 is 1. The summed E-state index contributed by atoms with van der Waals surface area (Å²) in [5, 5.41) is 15.6.